The molecule has 1 saturated heterocycles. The van der Waals surface area contributed by atoms with Crippen LogP contribution < -0.4 is 5.32 Å². The zero-order chi connectivity index (χ0) is 13.5. The Labute approximate surface area is 116 Å². The van der Waals surface area contributed by atoms with E-state index in [1.54, 1.807) is 0 Å². The van der Waals surface area contributed by atoms with Crippen LogP contribution in [0.4, 0.5) is 0 Å². The van der Waals surface area contributed by atoms with Crippen LogP contribution in [-0.4, -0.2) is 36.5 Å². The predicted molar refractivity (Wildman–Crippen MR) is 78.0 cm³/mol. The van der Waals surface area contributed by atoms with Gasteiger partial charge in [0.25, 0.3) is 0 Å². The Morgan fingerprint density at radius 3 is 2.53 bits per heavy atom. The molecule has 0 spiro atoms. The fourth-order valence-electron chi connectivity index (χ4n) is 2.68. The number of likely N-dealkylation sites (tertiary alicyclic amines) is 1. The van der Waals surface area contributed by atoms with Crippen molar-refractivity contribution in [2.75, 3.05) is 19.6 Å². The summed E-state index contributed by atoms with van der Waals surface area (Å²) in [5, 5.41) is 3.34. The van der Waals surface area contributed by atoms with Crippen molar-refractivity contribution >= 4 is 5.91 Å². The topological polar surface area (TPSA) is 32.3 Å². The van der Waals surface area contributed by atoms with Gasteiger partial charge in [0.1, 0.15) is 0 Å². The molecule has 104 valence electrons. The van der Waals surface area contributed by atoms with E-state index in [9.17, 15) is 4.79 Å². The number of rotatable bonds is 5. The molecule has 0 aromatic heterocycles. The van der Waals surface area contributed by atoms with Crippen molar-refractivity contribution in [3.8, 4) is 0 Å². The average Bonchev–Trinajstić information content (AvgIpc) is 2.48. The second-order valence-corrected chi connectivity index (χ2v) is 5.19. The quantitative estimate of drug-likeness (QED) is 0.880. The lowest BCUT2D eigenvalue weighted by atomic mass is 10.0. The normalized spacial score (nSPS) is 17.2. The molecule has 3 nitrogen and oxygen atoms in total. The van der Waals surface area contributed by atoms with Gasteiger partial charge in [-0.3, -0.25) is 4.79 Å². The molecular weight excluding hydrogens is 236 g/mol. The Morgan fingerprint density at radius 1 is 1.21 bits per heavy atom. The number of carbonyl (C=O) groups excluding carboxylic acids is 1. The highest BCUT2D eigenvalue weighted by Gasteiger charge is 2.24. The number of hydrogen-bond acceptors (Lipinski definition) is 2. The Morgan fingerprint density at radius 2 is 1.89 bits per heavy atom. The Bertz CT molecular complexity index is 385. The monoisotopic (exact) mass is 260 g/mol. The van der Waals surface area contributed by atoms with Gasteiger partial charge in [0.2, 0.25) is 5.91 Å². The van der Waals surface area contributed by atoms with Gasteiger partial charge in [-0.25, -0.2) is 0 Å². The van der Waals surface area contributed by atoms with Gasteiger partial charge in [0, 0.05) is 13.1 Å². The maximum absolute atomic E-state index is 12.6. The first kappa shape index (κ1) is 14.1. The smallest absolute Gasteiger partial charge is 0.240 e. The Kier molecular flexibility index (Phi) is 5.40. The first-order chi connectivity index (χ1) is 9.31. The highest BCUT2D eigenvalue weighted by molar-refractivity contribution is 5.82. The van der Waals surface area contributed by atoms with E-state index in [1.165, 1.54) is 12.0 Å². The average molecular weight is 260 g/mol. The maximum atomic E-state index is 12.6. The minimum absolute atomic E-state index is 0.0782. The zero-order valence-electron chi connectivity index (χ0n) is 11.8. The number of amides is 1. The summed E-state index contributed by atoms with van der Waals surface area (Å²) in [7, 11) is 0. The molecule has 1 fully saturated rings. The van der Waals surface area contributed by atoms with Crippen LogP contribution in [0.1, 0.15) is 31.7 Å². The molecule has 0 unspecified atom stereocenters. The number of benzene rings is 1. The zero-order valence-corrected chi connectivity index (χ0v) is 11.8. The fourth-order valence-corrected chi connectivity index (χ4v) is 2.68. The van der Waals surface area contributed by atoms with E-state index in [0.29, 0.717) is 0 Å². The summed E-state index contributed by atoms with van der Waals surface area (Å²) in [4.78, 5) is 14.6. The lowest BCUT2D eigenvalue weighted by Crippen LogP contribution is -2.49. The Balaban J connectivity index is 2.00. The summed E-state index contributed by atoms with van der Waals surface area (Å²) in [6.07, 6.45) is 4.34. The second kappa shape index (κ2) is 7.29. The highest BCUT2D eigenvalue weighted by Crippen LogP contribution is 2.12. The van der Waals surface area contributed by atoms with Crippen LogP contribution >= 0.6 is 0 Å². The molecule has 2 rings (SSSR count). The largest absolute Gasteiger partial charge is 0.341 e. The van der Waals surface area contributed by atoms with Crippen LogP contribution in [0.25, 0.3) is 0 Å². The van der Waals surface area contributed by atoms with Crippen molar-refractivity contribution in [2.45, 2.75) is 38.6 Å². The van der Waals surface area contributed by atoms with Crippen LogP contribution in [0.2, 0.25) is 0 Å². The molecule has 0 saturated carbocycles. The third kappa shape index (κ3) is 4.06. The van der Waals surface area contributed by atoms with E-state index in [4.69, 9.17) is 0 Å². The molecule has 1 aliphatic rings. The van der Waals surface area contributed by atoms with Crippen molar-refractivity contribution in [3.63, 3.8) is 0 Å². The van der Waals surface area contributed by atoms with Gasteiger partial charge in [-0.1, -0.05) is 37.3 Å². The molecule has 0 bridgehead atoms. The first-order valence-corrected chi connectivity index (χ1v) is 7.37. The van der Waals surface area contributed by atoms with E-state index in [-0.39, 0.29) is 11.9 Å². The van der Waals surface area contributed by atoms with Crippen LogP contribution in [-0.2, 0) is 11.2 Å². The highest BCUT2D eigenvalue weighted by atomic mass is 16.2. The maximum Gasteiger partial charge on any atom is 0.240 e. The second-order valence-electron chi connectivity index (χ2n) is 5.19. The van der Waals surface area contributed by atoms with Gasteiger partial charge in [-0.15, -0.1) is 0 Å². The van der Waals surface area contributed by atoms with Gasteiger partial charge in [0.05, 0.1) is 6.04 Å². The van der Waals surface area contributed by atoms with E-state index in [2.05, 4.69) is 24.4 Å². The molecule has 1 aromatic rings. The first-order valence-electron chi connectivity index (χ1n) is 7.37. The van der Waals surface area contributed by atoms with E-state index in [0.717, 1.165) is 38.9 Å². The van der Waals surface area contributed by atoms with Crippen LogP contribution in [0.15, 0.2) is 30.3 Å². The molecular formula is C16H24N2O. The van der Waals surface area contributed by atoms with Crippen molar-refractivity contribution in [3.05, 3.63) is 35.9 Å². The standard InChI is InChI=1S/C16H24N2O/c1-2-17-15(13-14-9-5-3-6-10-14)16(19)18-11-7-4-8-12-18/h3,5-6,9-10,15,17H,2,4,7-8,11-13H2,1H3/t15-/m0/s1. The van der Waals surface area contributed by atoms with Gasteiger partial charge in [-0.05, 0) is 37.8 Å². The summed E-state index contributed by atoms with van der Waals surface area (Å²) >= 11 is 0. The summed E-state index contributed by atoms with van der Waals surface area (Å²) in [6.45, 7) is 4.74. The summed E-state index contributed by atoms with van der Waals surface area (Å²) in [5.74, 6) is 0.269. The molecule has 1 heterocycles. The number of likely N-dealkylation sites (N-methyl/N-ethyl adjacent to an activating group) is 1. The lowest BCUT2D eigenvalue weighted by molar-refractivity contribution is -0.134. The van der Waals surface area contributed by atoms with Crippen molar-refractivity contribution in [1.82, 2.24) is 10.2 Å². The molecule has 0 radical (unpaired) electrons. The van der Waals surface area contributed by atoms with Gasteiger partial charge in [0.15, 0.2) is 0 Å². The molecule has 1 amide bonds. The fraction of sp³-hybridized carbons (Fsp3) is 0.562. The van der Waals surface area contributed by atoms with Gasteiger partial charge >= 0.3 is 0 Å². The number of piperidine rings is 1. The lowest BCUT2D eigenvalue weighted by Gasteiger charge is -2.30. The minimum atomic E-state index is -0.0782. The van der Waals surface area contributed by atoms with Gasteiger partial charge < -0.3 is 10.2 Å². The predicted octanol–water partition coefficient (Wildman–Crippen LogP) is 2.22. The molecule has 3 heteroatoms. The van der Waals surface area contributed by atoms with E-state index in [1.807, 2.05) is 23.1 Å². The minimum Gasteiger partial charge on any atom is -0.341 e. The van der Waals surface area contributed by atoms with Crippen LogP contribution in [0, 0.1) is 0 Å². The third-order valence-corrected chi connectivity index (χ3v) is 3.70. The van der Waals surface area contributed by atoms with Crippen LogP contribution in [0.3, 0.4) is 0 Å². The molecule has 1 atom stereocenters. The molecule has 19 heavy (non-hydrogen) atoms. The van der Waals surface area contributed by atoms with Gasteiger partial charge in [-0.2, -0.15) is 0 Å². The summed E-state index contributed by atoms with van der Waals surface area (Å²) < 4.78 is 0. The van der Waals surface area contributed by atoms with Crippen molar-refractivity contribution in [1.29, 1.82) is 0 Å². The van der Waals surface area contributed by atoms with Crippen LogP contribution in [0.5, 0.6) is 0 Å². The van der Waals surface area contributed by atoms with Crippen molar-refractivity contribution < 1.29 is 4.79 Å². The number of hydrogen-bond donors (Lipinski definition) is 1. The third-order valence-electron chi connectivity index (χ3n) is 3.70. The van der Waals surface area contributed by atoms with E-state index >= 15 is 0 Å². The number of nitrogens with one attached hydrogen (secondary N) is 1. The van der Waals surface area contributed by atoms with Crippen molar-refractivity contribution in [2.24, 2.45) is 0 Å². The molecule has 1 aliphatic heterocycles. The molecule has 1 N–H and O–H groups in total. The number of carbonyl (C=O) groups is 1. The summed E-state index contributed by atoms with van der Waals surface area (Å²) in [6, 6.07) is 10.2. The Hall–Kier alpha value is -1.35. The molecule has 1 aromatic carbocycles. The summed E-state index contributed by atoms with van der Waals surface area (Å²) in [5.41, 5.74) is 1.22. The van der Waals surface area contributed by atoms with E-state index < -0.39 is 0 Å². The number of nitrogens with zero attached hydrogens (tertiary/aromatic N) is 1. The SMILES string of the molecule is CCN[C@@H](Cc1ccccc1)C(=O)N1CCCCC1. The molecule has 0 aliphatic carbocycles.